The molecule has 2 rings (SSSR count). The summed E-state index contributed by atoms with van der Waals surface area (Å²) in [6.07, 6.45) is 5.56. The highest BCUT2D eigenvalue weighted by Crippen LogP contribution is 2.28. The molecule has 0 bridgehead atoms. The lowest BCUT2D eigenvalue weighted by Crippen LogP contribution is -2.15. The van der Waals surface area contributed by atoms with Gasteiger partial charge in [0.15, 0.2) is 0 Å². The van der Waals surface area contributed by atoms with E-state index in [1.165, 1.54) is 0 Å². The Morgan fingerprint density at radius 2 is 2.14 bits per heavy atom. The molecule has 0 saturated heterocycles. The maximum absolute atomic E-state index is 6.26. The molecule has 1 aromatic heterocycles. The SMILES string of the molecule is CCCNCc1cccc(Cl)c1OCCc1cccnc1. The molecule has 0 aliphatic rings. The van der Waals surface area contributed by atoms with Crippen molar-refractivity contribution in [3.8, 4) is 5.75 Å². The minimum absolute atomic E-state index is 0.593. The largest absolute Gasteiger partial charge is 0.491 e. The molecular formula is C17H21ClN2O. The lowest BCUT2D eigenvalue weighted by molar-refractivity contribution is 0.318. The molecule has 1 aromatic carbocycles. The number of aromatic nitrogens is 1. The number of hydrogen-bond acceptors (Lipinski definition) is 3. The second kappa shape index (κ2) is 8.65. The van der Waals surface area contributed by atoms with E-state index in [-0.39, 0.29) is 0 Å². The predicted molar refractivity (Wildman–Crippen MR) is 86.9 cm³/mol. The Bertz CT molecular complexity index is 546. The minimum atomic E-state index is 0.593. The molecule has 0 unspecified atom stereocenters. The number of benzene rings is 1. The van der Waals surface area contributed by atoms with Gasteiger partial charge >= 0.3 is 0 Å². The third-order valence-corrected chi connectivity index (χ3v) is 3.45. The van der Waals surface area contributed by atoms with Gasteiger partial charge < -0.3 is 10.1 Å². The van der Waals surface area contributed by atoms with E-state index in [1.807, 2.05) is 36.5 Å². The van der Waals surface area contributed by atoms with E-state index in [1.54, 1.807) is 6.20 Å². The van der Waals surface area contributed by atoms with Gasteiger partial charge in [-0.25, -0.2) is 0 Å². The molecule has 0 fully saturated rings. The van der Waals surface area contributed by atoms with Crippen molar-refractivity contribution in [2.75, 3.05) is 13.2 Å². The average molecular weight is 305 g/mol. The summed E-state index contributed by atoms with van der Waals surface area (Å²) in [4.78, 5) is 4.10. The van der Waals surface area contributed by atoms with Crippen LogP contribution < -0.4 is 10.1 Å². The molecule has 21 heavy (non-hydrogen) atoms. The van der Waals surface area contributed by atoms with Crippen LogP contribution in [0.15, 0.2) is 42.7 Å². The van der Waals surface area contributed by atoms with Gasteiger partial charge in [0.25, 0.3) is 0 Å². The smallest absolute Gasteiger partial charge is 0.142 e. The third-order valence-electron chi connectivity index (χ3n) is 3.15. The van der Waals surface area contributed by atoms with Gasteiger partial charge in [0, 0.05) is 30.9 Å². The number of ether oxygens (including phenoxy) is 1. The number of halogens is 1. The Morgan fingerprint density at radius 3 is 2.90 bits per heavy atom. The molecule has 2 aromatic rings. The maximum atomic E-state index is 6.26. The first-order chi connectivity index (χ1) is 10.3. The fourth-order valence-corrected chi connectivity index (χ4v) is 2.32. The number of pyridine rings is 1. The van der Waals surface area contributed by atoms with Crippen LogP contribution in [-0.2, 0) is 13.0 Å². The number of rotatable bonds is 8. The summed E-state index contributed by atoms with van der Waals surface area (Å²) in [7, 11) is 0. The molecule has 3 nitrogen and oxygen atoms in total. The fourth-order valence-electron chi connectivity index (χ4n) is 2.07. The highest BCUT2D eigenvalue weighted by molar-refractivity contribution is 6.32. The monoisotopic (exact) mass is 304 g/mol. The zero-order chi connectivity index (χ0) is 14.9. The van der Waals surface area contributed by atoms with Gasteiger partial charge in [-0.3, -0.25) is 4.98 Å². The highest BCUT2D eigenvalue weighted by atomic mass is 35.5. The zero-order valence-electron chi connectivity index (χ0n) is 12.3. The maximum Gasteiger partial charge on any atom is 0.142 e. The van der Waals surface area contributed by atoms with Crippen LogP contribution >= 0.6 is 11.6 Å². The van der Waals surface area contributed by atoms with Crippen molar-refractivity contribution >= 4 is 11.6 Å². The lowest BCUT2D eigenvalue weighted by Gasteiger charge is -2.13. The van der Waals surface area contributed by atoms with Gasteiger partial charge in [-0.1, -0.05) is 36.7 Å². The number of para-hydroxylation sites is 1. The van der Waals surface area contributed by atoms with Crippen LogP contribution in [0.1, 0.15) is 24.5 Å². The molecule has 0 spiro atoms. The standard InChI is InChI=1S/C17H21ClN2O/c1-2-9-19-13-15-6-3-7-16(18)17(15)21-11-8-14-5-4-10-20-12-14/h3-7,10,12,19H,2,8-9,11,13H2,1H3. The normalized spacial score (nSPS) is 10.6. The van der Waals surface area contributed by atoms with Gasteiger partial charge in [0.1, 0.15) is 5.75 Å². The quantitative estimate of drug-likeness (QED) is 0.752. The number of nitrogens with zero attached hydrogens (tertiary/aromatic N) is 1. The lowest BCUT2D eigenvalue weighted by atomic mass is 10.2. The van der Waals surface area contributed by atoms with Crippen LogP contribution in [-0.4, -0.2) is 18.1 Å². The summed E-state index contributed by atoms with van der Waals surface area (Å²) >= 11 is 6.26. The first kappa shape index (κ1) is 15.8. The summed E-state index contributed by atoms with van der Waals surface area (Å²) < 4.78 is 5.90. The van der Waals surface area contributed by atoms with Gasteiger partial charge in [0.2, 0.25) is 0 Å². The van der Waals surface area contributed by atoms with Crippen molar-refractivity contribution < 1.29 is 4.74 Å². The Labute approximate surface area is 131 Å². The Kier molecular flexibility index (Phi) is 6.51. The summed E-state index contributed by atoms with van der Waals surface area (Å²) in [5.41, 5.74) is 2.26. The van der Waals surface area contributed by atoms with Crippen molar-refractivity contribution in [1.29, 1.82) is 0 Å². The van der Waals surface area contributed by atoms with Gasteiger partial charge in [-0.2, -0.15) is 0 Å². The van der Waals surface area contributed by atoms with E-state index in [2.05, 4.69) is 17.2 Å². The third kappa shape index (κ3) is 5.03. The average Bonchev–Trinajstić information content (AvgIpc) is 2.51. The van der Waals surface area contributed by atoms with Crippen LogP contribution in [0, 0.1) is 0 Å². The molecule has 1 N–H and O–H groups in total. The molecule has 0 amide bonds. The second-order valence-corrected chi connectivity index (χ2v) is 5.27. The van der Waals surface area contributed by atoms with E-state index in [0.717, 1.165) is 42.8 Å². The van der Waals surface area contributed by atoms with Crippen LogP contribution in [0.5, 0.6) is 5.75 Å². The second-order valence-electron chi connectivity index (χ2n) is 4.86. The van der Waals surface area contributed by atoms with Gasteiger partial charge in [-0.15, -0.1) is 0 Å². The summed E-state index contributed by atoms with van der Waals surface area (Å²) in [6.45, 7) is 4.50. The van der Waals surface area contributed by atoms with E-state index < -0.39 is 0 Å². The Morgan fingerprint density at radius 1 is 1.24 bits per heavy atom. The van der Waals surface area contributed by atoms with Crippen LogP contribution in [0.25, 0.3) is 0 Å². The minimum Gasteiger partial charge on any atom is -0.491 e. The zero-order valence-corrected chi connectivity index (χ0v) is 13.1. The Balaban J connectivity index is 1.94. The van der Waals surface area contributed by atoms with Gasteiger partial charge in [-0.05, 0) is 30.7 Å². The molecule has 112 valence electrons. The molecule has 0 atom stereocenters. The van der Waals surface area contributed by atoms with Gasteiger partial charge in [0.05, 0.1) is 11.6 Å². The molecule has 1 heterocycles. The van der Waals surface area contributed by atoms with Crippen molar-refractivity contribution in [3.05, 3.63) is 58.9 Å². The van der Waals surface area contributed by atoms with Crippen LogP contribution in [0.2, 0.25) is 5.02 Å². The van der Waals surface area contributed by atoms with Crippen LogP contribution in [0.3, 0.4) is 0 Å². The molecule has 4 heteroatoms. The van der Waals surface area contributed by atoms with E-state index in [9.17, 15) is 0 Å². The molecule has 0 radical (unpaired) electrons. The van der Waals surface area contributed by atoms with Crippen LogP contribution in [0.4, 0.5) is 0 Å². The summed E-state index contributed by atoms with van der Waals surface area (Å²) in [6, 6.07) is 9.86. The summed E-state index contributed by atoms with van der Waals surface area (Å²) in [5.74, 6) is 0.784. The molecule has 0 saturated carbocycles. The molecule has 0 aliphatic carbocycles. The summed E-state index contributed by atoms with van der Waals surface area (Å²) in [5, 5.41) is 4.04. The van der Waals surface area contributed by atoms with E-state index in [4.69, 9.17) is 16.3 Å². The highest BCUT2D eigenvalue weighted by Gasteiger charge is 2.08. The molecule has 0 aliphatic heterocycles. The first-order valence-electron chi connectivity index (χ1n) is 7.31. The number of hydrogen-bond donors (Lipinski definition) is 1. The van der Waals surface area contributed by atoms with Crippen molar-refractivity contribution in [2.24, 2.45) is 0 Å². The molecular weight excluding hydrogens is 284 g/mol. The van der Waals surface area contributed by atoms with Crippen molar-refractivity contribution in [1.82, 2.24) is 10.3 Å². The number of nitrogens with one attached hydrogen (secondary N) is 1. The van der Waals surface area contributed by atoms with E-state index >= 15 is 0 Å². The fraction of sp³-hybridized carbons (Fsp3) is 0.353. The van der Waals surface area contributed by atoms with Crippen molar-refractivity contribution in [2.45, 2.75) is 26.3 Å². The van der Waals surface area contributed by atoms with E-state index in [0.29, 0.717) is 11.6 Å². The van der Waals surface area contributed by atoms with Crippen molar-refractivity contribution in [3.63, 3.8) is 0 Å². The predicted octanol–water partition coefficient (Wildman–Crippen LogP) is 3.86. The topological polar surface area (TPSA) is 34.1 Å². The first-order valence-corrected chi connectivity index (χ1v) is 7.69. The Hall–Kier alpha value is -1.58.